The van der Waals surface area contributed by atoms with Gasteiger partial charge in [-0.15, -0.1) is 0 Å². The maximum Gasteiger partial charge on any atom is 0.0832 e. The Hall–Kier alpha value is -0.440. The van der Waals surface area contributed by atoms with Crippen molar-refractivity contribution in [3.05, 3.63) is 34.6 Å². The van der Waals surface area contributed by atoms with E-state index in [2.05, 4.69) is 0 Å². The number of aliphatic hydroxyl groups is 1. The predicted octanol–water partition coefficient (Wildman–Crippen LogP) is 2.30. The molecule has 0 aliphatic rings. The van der Waals surface area contributed by atoms with Crippen LogP contribution in [0.3, 0.4) is 0 Å². The van der Waals surface area contributed by atoms with E-state index in [0.29, 0.717) is 11.6 Å². The number of aliphatic hydroxyl groups excluding tert-OH is 1. The van der Waals surface area contributed by atoms with Crippen LogP contribution in [0.15, 0.2) is 28.9 Å². The molecule has 0 aromatic carbocycles. The SMILES string of the molecule is OCc1cccn1CC(Cl)=CCl. The van der Waals surface area contributed by atoms with Crippen molar-refractivity contribution in [2.45, 2.75) is 13.2 Å². The summed E-state index contributed by atoms with van der Waals surface area (Å²) in [5, 5.41) is 9.42. The van der Waals surface area contributed by atoms with Crippen LogP contribution in [0.2, 0.25) is 0 Å². The molecular formula is C8H9Cl2NO. The minimum absolute atomic E-state index is 0.0133. The monoisotopic (exact) mass is 205 g/mol. The van der Waals surface area contributed by atoms with Crippen LogP contribution in [0.5, 0.6) is 0 Å². The van der Waals surface area contributed by atoms with Gasteiger partial charge in [0.05, 0.1) is 13.2 Å². The third-order valence-corrected chi connectivity index (χ3v) is 2.13. The largest absolute Gasteiger partial charge is 0.390 e. The predicted molar refractivity (Wildman–Crippen MR) is 50.1 cm³/mol. The summed E-state index contributed by atoms with van der Waals surface area (Å²) in [5.41, 5.74) is 2.15. The lowest BCUT2D eigenvalue weighted by Gasteiger charge is -2.04. The summed E-state index contributed by atoms with van der Waals surface area (Å²) in [5.74, 6) is 0. The van der Waals surface area contributed by atoms with Crippen molar-refractivity contribution in [2.75, 3.05) is 0 Å². The third-order valence-electron chi connectivity index (χ3n) is 1.53. The van der Waals surface area contributed by atoms with E-state index in [1.165, 1.54) is 5.54 Å². The molecule has 0 fully saturated rings. The molecule has 0 saturated carbocycles. The fourth-order valence-electron chi connectivity index (χ4n) is 0.944. The fraction of sp³-hybridized carbons (Fsp3) is 0.250. The maximum absolute atomic E-state index is 8.88. The standard InChI is InChI=1S/C8H9Cl2NO/c9-4-7(10)5-11-3-1-2-8(11)6-12/h1-4,12H,5-6H2. The van der Waals surface area contributed by atoms with Crippen LogP contribution in [0.1, 0.15) is 5.69 Å². The lowest BCUT2D eigenvalue weighted by molar-refractivity contribution is 0.271. The summed E-state index contributed by atoms with van der Waals surface area (Å²) >= 11 is 11.1. The zero-order valence-corrected chi connectivity index (χ0v) is 7.89. The highest BCUT2D eigenvalue weighted by Crippen LogP contribution is 2.10. The van der Waals surface area contributed by atoms with Gasteiger partial charge in [-0.05, 0) is 12.1 Å². The molecule has 0 radical (unpaired) electrons. The molecule has 1 rings (SSSR count). The summed E-state index contributed by atoms with van der Waals surface area (Å²) < 4.78 is 1.83. The number of nitrogens with zero attached hydrogens (tertiary/aromatic N) is 1. The molecular weight excluding hydrogens is 197 g/mol. The van der Waals surface area contributed by atoms with Gasteiger partial charge in [0.2, 0.25) is 0 Å². The number of allylic oxidation sites excluding steroid dienone is 1. The van der Waals surface area contributed by atoms with Gasteiger partial charge < -0.3 is 9.67 Å². The average Bonchev–Trinajstić information content (AvgIpc) is 2.51. The van der Waals surface area contributed by atoms with E-state index in [9.17, 15) is 0 Å². The molecule has 0 bridgehead atoms. The first-order valence-corrected chi connectivity index (χ1v) is 4.29. The van der Waals surface area contributed by atoms with Gasteiger partial charge in [-0.2, -0.15) is 0 Å². The second kappa shape index (κ2) is 4.55. The minimum Gasteiger partial charge on any atom is -0.390 e. The van der Waals surface area contributed by atoms with E-state index >= 15 is 0 Å². The number of aromatic nitrogens is 1. The molecule has 0 unspecified atom stereocenters. The molecule has 0 atom stereocenters. The first-order chi connectivity index (χ1) is 5.77. The van der Waals surface area contributed by atoms with Gasteiger partial charge >= 0.3 is 0 Å². The summed E-state index contributed by atoms with van der Waals surface area (Å²) in [4.78, 5) is 0. The van der Waals surface area contributed by atoms with Gasteiger partial charge in [0.1, 0.15) is 0 Å². The first kappa shape index (κ1) is 9.65. The number of hydrogen-bond acceptors (Lipinski definition) is 1. The zero-order chi connectivity index (χ0) is 8.97. The van der Waals surface area contributed by atoms with Crippen LogP contribution in [-0.2, 0) is 13.2 Å². The topological polar surface area (TPSA) is 25.2 Å². The van der Waals surface area contributed by atoms with E-state index in [-0.39, 0.29) is 6.61 Å². The van der Waals surface area contributed by atoms with Crippen molar-refractivity contribution in [1.82, 2.24) is 4.57 Å². The van der Waals surface area contributed by atoms with Crippen LogP contribution in [-0.4, -0.2) is 9.67 Å². The lowest BCUT2D eigenvalue weighted by Crippen LogP contribution is -2.01. The molecule has 1 heterocycles. The highest BCUT2D eigenvalue weighted by atomic mass is 35.5. The molecule has 0 amide bonds. The van der Waals surface area contributed by atoms with Gasteiger partial charge in [0.25, 0.3) is 0 Å². The van der Waals surface area contributed by atoms with Crippen molar-refractivity contribution in [3.8, 4) is 0 Å². The van der Waals surface area contributed by atoms with Gasteiger partial charge in [-0.25, -0.2) is 0 Å². The molecule has 1 aromatic heterocycles. The van der Waals surface area contributed by atoms with Crippen LogP contribution < -0.4 is 0 Å². The third kappa shape index (κ3) is 2.27. The summed E-state index contributed by atoms with van der Waals surface area (Å²) in [6, 6.07) is 3.68. The Labute approximate surface area is 81.0 Å². The van der Waals surface area contributed by atoms with E-state index in [0.717, 1.165) is 5.69 Å². The lowest BCUT2D eigenvalue weighted by atomic mass is 10.4. The molecule has 0 aliphatic carbocycles. The fourth-order valence-corrected chi connectivity index (χ4v) is 1.14. The van der Waals surface area contributed by atoms with Crippen LogP contribution >= 0.6 is 23.2 Å². The van der Waals surface area contributed by atoms with Crippen LogP contribution in [0.4, 0.5) is 0 Å². The molecule has 66 valence electrons. The summed E-state index contributed by atoms with van der Waals surface area (Å²) in [7, 11) is 0. The van der Waals surface area contributed by atoms with Crippen molar-refractivity contribution < 1.29 is 5.11 Å². The second-order valence-electron chi connectivity index (χ2n) is 2.34. The molecule has 1 N–H and O–H groups in total. The van der Waals surface area contributed by atoms with Gasteiger partial charge in [-0.1, -0.05) is 23.2 Å². The molecule has 0 aliphatic heterocycles. The normalized spacial score (nSPS) is 12.1. The Morgan fingerprint density at radius 3 is 3.00 bits per heavy atom. The Morgan fingerprint density at radius 1 is 1.67 bits per heavy atom. The number of rotatable bonds is 3. The Morgan fingerprint density at radius 2 is 2.42 bits per heavy atom. The zero-order valence-electron chi connectivity index (χ0n) is 6.37. The van der Waals surface area contributed by atoms with E-state index in [4.69, 9.17) is 28.3 Å². The molecule has 12 heavy (non-hydrogen) atoms. The molecule has 1 aromatic rings. The van der Waals surface area contributed by atoms with Crippen molar-refractivity contribution in [1.29, 1.82) is 0 Å². The Kier molecular flexibility index (Phi) is 3.66. The Bertz CT molecular complexity index is 280. The maximum atomic E-state index is 8.88. The molecule has 4 heteroatoms. The minimum atomic E-state index is 0.0133. The van der Waals surface area contributed by atoms with E-state index in [1.54, 1.807) is 0 Å². The van der Waals surface area contributed by atoms with Crippen molar-refractivity contribution in [3.63, 3.8) is 0 Å². The molecule has 0 saturated heterocycles. The smallest absolute Gasteiger partial charge is 0.0832 e. The van der Waals surface area contributed by atoms with Crippen LogP contribution in [0, 0.1) is 0 Å². The highest BCUT2D eigenvalue weighted by molar-refractivity contribution is 6.36. The van der Waals surface area contributed by atoms with Gasteiger partial charge in [0, 0.05) is 22.5 Å². The van der Waals surface area contributed by atoms with Gasteiger partial charge in [-0.3, -0.25) is 0 Å². The quantitative estimate of drug-likeness (QED) is 0.806. The highest BCUT2D eigenvalue weighted by Gasteiger charge is 1.99. The van der Waals surface area contributed by atoms with Crippen molar-refractivity contribution >= 4 is 23.2 Å². The summed E-state index contributed by atoms with van der Waals surface area (Å²) in [6.45, 7) is 0.521. The molecule has 2 nitrogen and oxygen atoms in total. The second-order valence-corrected chi connectivity index (χ2v) is 3.05. The van der Waals surface area contributed by atoms with Crippen molar-refractivity contribution in [2.24, 2.45) is 0 Å². The number of halogens is 2. The molecule has 0 spiro atoms. The Balaban J connectivity index is 2.74. The van der Waals surface area contributed by atoms with E-state index < -0.39 is 0 Å². The summed E-state index contributed by atoms with van der Waals surface area (Å²) in [6.07, 6.45) is 1.84. The van der Waals surface area contributed by atoms with Crippen LogP contribution in [0.25, 0.3) is 0 Å². The first-order valence-electron chi connectivity index (χ1n) is 3.47. The van der Waals surface area contributed by atoms with Gasteiger partial charge in [0.15, 0.2) is 0 Å². The number of hydrogen-bond donors (Lipinski definition) is 1. The van der Waals surface area contributed by atoms with E-state index in [1.807, 2.05) is 22.9 Å². The average molecular weight is 206 g/mol.